The summed E-state index contributed by atoms with van der Waals surface area (Å²) in [6, 6.07) is 14.5. The van der Waals surface area contributed by atoms with E-state index in [4.69, 9.17) is 0 Å². The molecule has 1 N–H and O–H groups in total. The van der Waals surface area contributed by atoms with E-state index < -0.39 is 0 Å². The van der Waals surface area contributed by atoms with Gasteiger partial charge in [-0.05, 0) is 61.4 Å². The van der Waals surface area contributed by atoms with Crippen LogP contribution in [-0.4, -0.2) is 17.7 Å². The van der Waals surface area contributed by atoms with Crippen molar-refractivity contribution >= 4 is 29.1 Å². The van der Waals surface area contributed by atoms with Crippen LogP contribution < -0.4 is 10.2 Å². The molecule has 3 atom stereocenters. The van der Waals surface area contributed by atoms with Crippen LogP contribution in [0.2, 0.25) is 0 Å². The van der Waals surface area contributed by atoms with E-state index in [2.05, 4.69) is 12.2 Å². The SMILES string of the molecule is CCc1ccccc1NC(=O)c1cccc(N2C(=O)[C@H]3C[C@@H](C)CC[C@H]3C2=O)c1. The number of nitrogens with one attached hydrogen (secondary N) is 1. The van der Waals surface area contributed by atoms with Gasteiger partial charge in [-0.3, -0.25) is 19.3 Å². The summed E-state index contributed by atoms with van der Waals surface area (Å²) in [4.78, 5) is 40.0. The Morgan fingerprint density at radius 1 is 1.03 bits per heavy atom. The summed E-state index contributed by atoms with van der Waals surface area (Å²) in [5.41, 5.74) is 2.74. The Bertz CT molecular complexity index is 968. The maximum Gasteiger partial charge on any atom is 0.255 e. The van der Waals surface area contributed by atoms with E-state index in [1.807, 2.05) is 31.2 Å². The zero-order chi connectivity index (χ0) is 20.5. The Kier molecular flexibility index (Phi) is 5.22. The Labute approximate surface area is 171 Å². The predicted octanol–water partition coefficient (Wildman–Crippen LogP) is 4.43. The number of hydrogen-bond donors (Lipinski definition) is 1. The maximum absolute atomic E-state index is 13.0. The van der Waals surface area contributed by atoms with Gasteiger partial charge in [-0.1, -0.05) is 38.1 Å². The second kappa shape index (κ2) is 7.82. The van der Waals surface area contributed by atoms with Crippen molar-refractivity contribution in [2.75, 3.05) is 10.2 Å². The summed E-state index contributed by atoms with van der Waals surface area (Å²) >= 11 is 0. The molecule has 1 heterocycles. The molecule has 150 valence electrons. The number of aryl methyl sites for hydroxylation is 1. The van der Waals surface area contributed by atoms with Gasteiger partial charge < -0.3 is 5.32 Å². The summed E-state index contributed by atoms with van der Waals surface area (Å²) in [7, 11) is 0. The molecular weight excluding hydrogens is 364 g/mol. The topological polar surface area (TPSA) is 66.5 Å². The van der Waals surface area contributed by atoms with Crippen molar-refractivity contribution in [2.24, 2.45) is 17.8 Å². The van der Waals surface area contributed by atoms with Gasteiger partial charge in [-0.2, -0.15) is 0 Å². The molecule has 0 radical (unpaired) electrons. The third-order valence-electron chi connectivity index (χ3n) is 6.20. The molecule has 0 unspecified atom stereocenters. The number of benzene rings is 2. The molecule has 0 spiro atoms. The van der Waals surface area contributed by atoms with Gasteiger partial charge >= 0.3 is 0 Å². The number of anilines is 2. The summed E-state index contributed by atoms with van der Waals surface area (Å²) < 4.78 is 0. The van der Waals surface area contributed by atoms with Gasteiger partial charge in [0.2, 0.25) is 11.8 Å². The third-order valence-corrected chi connectivity index (χ3v) is 6.20. The van der Waals surface area contributed by atoms with Crippen LogP contribution in [0, 0.1) is 17.8 Å². The summed E-state index contributed by atoms with van der Waals surface area (Å²) in [6.45, 7) is 4.17. The van der Waals surface area contributed by atoms with Crippen LogP contribution in [-0.2, 0) is 16.0 Å². The fourth-order valence-corrected chi connectivity index (χ4v) is 4.58. The standard InChI is InChI=1S/C24H26N2O3/c1-3-16-7-4-5-10-21(16)25-22(27)17-8-6-9-18(14-17)26-23(28)19-12-11-15(2)13-20(19)24(26)29/h4-10,14-15,19-20H,3,11-13H2,1-2H3,(H,25,27)/t15-,19+,20-/m0/s1. The minimum Gasteiger partial charge on any atom is -0.322 e. The quantitative estimate of drug-likeness (QED) is 0.786. The zero-order valence-corrected chi connectivity index (χ0v) is 16.9. The molecular formula is C24H26N2O3. The predicted molar refractivity (Wildman–Crippen MR) is 113 cm³/mol. The van der Waals surface area contributed by atoms with E-state index in [1.165, 1.54) is 4.90 Å². The van der Waals surface area contributed by atoms with Crippen molar-refractivity contribution in [3.05, 3.63) is 59.7 Å². The molecule has 4 rings (SSSR count). The summed E-state index contributed by atoms with van der Waals surface area (Å²) in [5, 5.41) is 2.95. The lowest BCUT2D eigenvalue weighted by Gasteiger charge is -2.25. The summed E-state index contributed by atoms with van der Waals surface area (Å²) in [6.07, 6.45) is 3.32. The minimum atomic E-state index is -0.252. The molecule has 1 saturated carbocycles. The van der Waals surface area contributed by atoms with E-state index >= 15 is 0 Å². The fraction of sp³-hybridized carbons (Fsp3) is 0.375. The van der Waals surface area contributed by atoms with E-state index in [1.54, 1.807) is 24.3 Å². The van der Waals surface area contributed by atoms with Crippen LogP contribution in [0.25, 0.3) is 0 Å². The maximum atomic E-state index is 13.0. The molecule has 1 aliphatic heterocycles. The number of carbonyl (C=O) groups excluding carboxylic acids is 3. The number of fused-ring (bicyclic) bond motifs is 1. The number of carbonyl (C=O) groups is 3. The zero-order valence-electron chi connectivity index (χ0n) is 16.9. The van der Waals surface area contributed by atoms with Gasteiger partial charge in [0.05, 0.1) is 17.5 Å². The van der Waals surface area contributed by atoms with Gasteiger partial charge in [0, 0.05) is 11.3 Å². The first kappa shape index (κ1) is 19.4. The second-order valence-corrected chi connectivity index (χ2v) is 8.16. The monoisotopic (exact) mass is 390 g/mol. The van der Waals surface area contributed by atoms with E-state index in [0.717, 1.165) is 36.9 Å². The van der Waals surface area contributed by atoms with Crippen LogP contribution in [0.3, 0.4) is 0 Å². The average molecular weight is 390 g/mol. The lowest BCUT2D eigenvalue weighted by atomic mass is 9.76. The summed E-state index contributed by atoms with van der Waals surface area (Å²) in [5.74, 6) is -0.476. The molecule has 2 aliphatic rings. The normalized spacial score (nSPS) is 23.8. The molecule has 0 bridgehead atoms. The lowest BCUT2D eigenvalue weighted by molar-refractivity contribution is -0.122. The molecule has 0 aromatic heterocycles. The number of imide groups is 1. The minimum absolute atomic E-state index is 0.124. The molecule has 2 aromatic rings. The van der Waals surface area contributed by atoms with Crippen molar-refractivity contribution in [3.8, 4) is 0 Å². The molecule has 2 aromatic carbocycles. The number of amides is 3. The van der Waals surface area contributed by atoms with Crippen LogP contribution >= 0.6 is 0 Å². The van der Waals surface area contributed by atoms with Crippen LogP contribution in [0.1, 0.15) is 49.0 Å². The highest BCUT2D eigenvalue weighted by atomic mass is 16.2. The smallest absolute Gasteiger partial charge is 0.255 e. The van der Waals surface area contributed by atoms with Crippen molar-refractivity contribution in [1.82, 2.24) is 0 Å². The molecule has 5 nitrogen and oxygen atoms in total. The van der Waals surface area contributed by atoms with E-state index in [0.29, 0.717) is 17.2 Å². The van der Waals surface area contributed by atoms with E-state index in [-0.39, 0.29) is 29.6 Å². The van der Waals surface area contributed by atoms with Crippen LogP contribution in [0.5, 0.6) is 0 Å². The molecule has 5 heteroatoms. The second-order valence-electron chi connectivity index (χ2n) is 8.16. The number of hydrogen-bond acceptors (Lipinski definition) is 3. The Morgan fingerprint density at radius 2 is 1.79 bits per heavy atom. The largest absolute Gasteiger partial charge is 0.322 e. The molecule has 1 aliphatic carbocycles. The van der Waals surface area contributed by atoms with Crippen LogP contribution in [0.15, 0.2) is 48.5 Å². The molecule has 1 saturated heterocycles. The molecule has 3 amide bonds. The third kappa shape index (κ3) is 3.57. The Morgan fingerprint density at radius 3 is 2.59 bits per heavy atom. The first-order valence-corrected chi connectivity index (χ1v) is 10.4. The number of para-hydroxylation sites is 1. The molecule has 2 fully saturated rings. The highest BCUT2D eigenvalue weighted by molar-refractivity contribution is 6.22. The number of rotatable bonds is 4. The lowest BCUT2D eigenvalue weighted by Crippen LogP contribution is -2.31. The van der Waals surface area contributed by atoms with Crippen molar-refractivity contribution in [2.45, 2.75) is 39.5 Å². The first-order valence-electron chi connectivity index (χ1n) is 10.4. The van der Waals surface area contributed by atoms with Crippen LogP contribution in [0.4, 0.5) is 11.4 Å². The fourth-order valence-electron chi connectivity index (χ4n) is 4.58. The van der Waals surface area contributed by atoms with Gasteiger partial charge in [0.25, 0.3) is 5.91 Å². The Hall–Kier alpha value is -2.95. The van der Waals surface area contributed by atoms with Crippen molar-refractivity contribution < 1.29 is 14.4 Å². The highest BCUT2D eigenvalue weighted by Gasteiger charge is 2.50. The first-order chi connectivity index (χ1) is 14.0. The average Bonchev–Trinajstić information content (AvgIpc) is 2.98. The number of nitrogens with zero attached hydrogens (tertiary/aromatic N) is 1. The van der Waals surface area contributed by atoms with Crippen molar-refractivity contribution in [1.29, 1.82) is 0 Å². The molecule has 29 heavy (non-hydrogen) atoms. The van der Waals surface area contributed by atoms with Gasteiger partial charge in [-0.15, -0.1) is 0 Å². The Balaban J connectivity index is 1.58. The van der Waals surface area contributed by atoms with Crippen molar-refractivity contribution in [3.63, 3.8) is 0 Å². The highest BCUT2D eigenvalue weighted by Crippen LogP contribution is 2.42. The van der Waals surface area contributed by atoms with Gasteiger partial charge in [0.1, 0.15) is 0 Å². The van der Waals surface area contributed by atoms with E-state index in [9.17, 15) is 14.4 Å². The van der Waals surface area contributed by atoms with Gasteiger partial charge in [-0.25, -0.2) is 0 Å². The van der Waals surface area contributed by atoms with Gasteiger partial charge in [0.15, 0.2) is 0 Å².